The van der Waals surface area contributed by atoms with Crippen LogP contribution < -0.4 is 4.90 Å². The highest BCUT2D eigenvalue weighted by molar-refractivity contribution is 5.44. The first-order valence-corrected chi connectivity index (χ1v) is 5.16. The second-order valence-corrected chi connectivity index (χ2v) is 3.93. The summed E-state index contributed by atoms with van der Waals surface area (Å²) in [5, 5.41) is 0. The van der Waals surface area contributed by atoms with Gasteiger partial charge in [-0.25, -0.2) is 4.98 Å². The van der Waals surface area contributed by atoms with Crippen LogP contribution in [-0.2, 0) is 0 Å². The molecule has 1 aromatic heterocycles. The van der Waals surface area contributed by atoms with Gasteiger partial charge in [0.05, 0.1) is 6.20 Å². The number of hydrogen-bond acceptors (Lipinski definition) is 3. The van der Waals surface area contributed by atoms with Gasteiger partial charge in [-0.15, -0.1) is 0 Å². The summed E-state index contributed by atoms with van der Waals surface area (Å²) in [6.07, 6.45) is 13.7. The Morgan fingerprint density at radius 3 is 3.07 bits per heavy atom. The molecule has 3 heterocycles. The first-order valence-electron chi connectivity index (χ1n) is 5.16. The summed E-state index contributed by atoms with van der Waals surface area (Å²) < 4.78 is 0. The van der Waals surface area contributed by atoms with E-state index < -0.39 is 0 Å². The third-order valence-electron chi connectivity index (χ3n) is 3.13. The summed E-state index contributed by atoms with van der Waals surface area (Å²) in [6, 6.07) is 1.21. The number of anilines is 1. The van der Waals surface area contributed by atoms with E-state index in [1.807, 2.05) is 6.20 Å². The second kappa shape index (κ2) is 3.08. The van der Waals surface area contributed by atoms with Crippen molar-refractivity contribution in [3.05, 3.63) is 30.7 Å². The molecule has 3 rings (SSSR count). The minimum Gasteiger partial charge on any atom is -0.346 e. The van der Waals surface area contributed by atoms with Gasteiger partial charge >= 0.3 is 0 Å². The van der Waals surface area contributed by atoms with Gasteiger partial charge in [-0.3, -0.25) is 4.98 Å². The van der Waals surface area contributed by atoms with E-state index in [0.29, 0.717) is 12.1 Å². The number of fused-ring (bicyclic) bond motifs is 2. The van der Waals surface area contributed by atoms with E-state index in [-0.39, 0.29) is 0 Å². The van der Waals surface area contributed by atoms with Crippen LogP contribution in [0.4, 0.5) is 5.82 Å². The highest BCUT2D eigenvalue weighted by atomic mass is 15.3. The zero-order valence-corrected chi connectivity index (χ0v) is 8.00. The third kappa shape index (κ3) is 1.12. The van der Waals surface area contributed by atoms with E-state index in [0.717, 1.165) is 12.2 Å². The molecule has 1 aromatic rings. The van der Waals surface area contributed by atoms with Gasteiger partial charge in [0.25, 0.3) is 0 Å². The van der Waals surface area contributed by atoms with Crippen molar-refractivity contribution in [1.29, 1.82) is 0 Å². The summed E-state index contributed by atoms with van der Waals surface area (Å²) in [7, 11) is 0. The highest BCUT2D eigenvalue weighted by Gasteiger charge is 2.34. The monoisotopic (exact) mass is 187 g/mol. The third-order valence-corrected chi connectivity index (χ3v) is 3.13. The Labute approximate surface area is 83.5 Å². The molecule has 2 bridgehead atoms. The predicted octanol–water partition coefficient (Wildman–Crippen LogP) is 1.77. The summed E-state index contributed by atoms with van der Waals surface area (Å²) >= 11 is 0. The van der Waals surface area contributed by atoms with Gasteiger partial charge in [-0.2, -0.15) is 0 Å². The van der Waals surface area contributed by atoms with E-state index in [4.69, 9.17) is 0 Å². The molecule has 0 radical (unpaired) electrons. The number of nitrogens with zero attached hydrogens (tertiary/aromatic N) is 3. The van der Waals surface area contributed by atoms with Crippen molar-refractivity contribution in [1.82, 2.24) is 9.97 Å². The Morgan fingerprint density at radius 2 is 2.29 bits per heavy atom. The van der Waals surface area contributed by atoms with Gasteiger partial charge in [0.15, 0.2) is 0 Å². The minimum atomic E-state index is 0.561. The van der Waals surface area contributed by atoms with Gasteiger partial charge in [-0.1, -0.05) is 12.2 Å². The lowest BCUT2D eigenvalue weighted by Crippen LogP contribution is -2.37. The molecule has 0 amide bonds. The van der Waals surface area contributed by atoms with Crippen molar-refractivity contribution in [2.45, 2.75) is 31.3 Å². The lowest BCUT2D eigenvalue weighted by Gasteiger charge is -2.32. The molecular formula is C11H13N3. The average Bonchev–Trinajstić information content (AvgIpc) is 2.50. The summed E-state index contributed by atoms with van der Waals surface area (Å²) in [5.41, 5.74) is 0. The summed E-state index contributed by atoms with van der Waals surface area (Å²) in [6.45, 7) is 0. The predicted molar refractivity (Wildman–Crippen MR) is 55.1 cm³/mol. The number of rotatable bonds is 1. The molecule has 3 nitrogen and oxygen atoms in total. The second-order valence-electron chi connectivity index (χ2n) is 3.93. The fourth-order valence-electron chi connectivity index (χ4n) is 2.51. The molecule has 0 aromatic carbocycles. The Balaban J connectivity index is 1.96. The van der Waals surface area contributed by atoms with E-state index >= 15 is 0 Å². The van der Waals surface area contributed by atoms with Crippen LogP contribution in [0.2, 0.25) is 0 Å². The van der Waals surface area contributed by atoms with Gasteiger partial charge in [0.2, 0.25) is 0 Å². The average molecular weight is 187 g/mol. The van der Waals surface area contributed by atoms with Crippen LogP contribution in [0.3, 0.4) is 0 Å². The van der Waals surface area contributed by atoms with Crippen molar-refractivity contribution in [3.63, 3.8) is 0 Å². The van der Waals surface area contributed by atoms with Crippen LogP contribution in [0.15, 0.2) is 30.7 Å². The fourth-order valence-corrected chi connectivity index (χ4v) is 2.51. The molecule has 72 valence electrons. The Hall–Kier alpha value is -1.38. The maximum absolute atomic E-state index is 4.37. The maximum Gasteiger partial charge on any atom is 0.147 e. The largest absolute Gasteiger partial charge is 0.346 e. The molecule has 3 heteroatoms. The van der Waals surface area contributed by atoms with Crippen LogP contribution in [0.1, 0.15) is 19.3 Å². The SMILES string of the molecule is C1=CC2CCC(C1)N2c1cnccn1. The van der Waals surface area contributed by atoms with E-state index in [2.05, 4.69) is 27.0 Å². The fraction of sp³-hybridized carbons (Fsp3) is 0.455. The zero-order valence-electron chi connectivity index (χ0n) is 8.00. The lowest BCUT2D eigenvalue weighted by atomic mass is 10.1. The van der Waals surface area contributed by atoms with Crippen LogP contribution in [-0.4, -0.2) is 22.1 Å². The molecular weight excluding hydrogens is 174 g/mol. The van der Waals surface area contributed by atoms with Gasteiger partial charge in [0, 0.05) is 24.5 Å². The van der Waals surface area contributed by atoms with Crippen LogP contribution in [0.5, 0.6) is 0 Å². The smallest absolute Gasteiger partial charge is 0.147 e. The standard InChI is InChI=1S/C11H13N3/c1-2-9-4-5-10(3-1)14(9)11-8-12-6-7-13-11/h1-2,6-10H,3-5H2. The molecule has 2 unspecified atom stereocenters. The van der Waals surface area contributed by atoms with E-state index in [9.17, 15) is 0 Å². The molecule has 1 fully saturated rings. The van der Waals surface area contributed by atoms with Crippen LogP contribution in [0, 0.1) is 0 Å². The van der Waals surface area contributed by atoms with Gasteiger partial charge in [-0.05, 0) is 19.3 Å². The molecule has 2 aliphatic heterocycles. The van der Waals surface area contributed by atoms with E-state index in [1.165, 1.54) is 12.8 Å². The van der Waals surface area contributed by atoms with Gasteiger partial charge < -0.3 is 4.90 Å². The first-order chi connectivity index (χ1) is 6.95. The Bertz CT molecular complexity index is 347. The molecule has 2 aliphatic rings. The van der Waals surface area contributed by atoms with E-state index in [1.54, 1.807) is 12.4 Å². The minimum absolute atomic E-state index is 0.561. The molecule has 2 atom stereocenters. The summed E-state index contributed by atoms with van der Waals surface area (Å²) in [5.74, 6) is 1.03. The lowest BCUT2D eigenvalue weighted by molar-refractivity contribution is 0.639. The van der Waals surface area contributed by atoms with Crippen molar-refractivity contribution >= 4 is 5.82 Å². The Morgan fingerprint density at radius 1 is 1.29 bits per heavy atom. The van der Waals surface area contributed by atoms with Crippen LogP contribution in [0.25, 0.3) is 0 Å². The normalized spacial score (nSPS) is 29.6. The first kappa shape index (κ1) is 7.97. The van der Waals surface area contributed by atoms with Crippen LogP contribution >= 0.6 is 0 Å². The molecule has 0 spiro atoms. The molecule has 0 aliphatic carbocycles. The highest BCUT2D eigenvalue weighted by Crippen LogP contribution is 2.34. The van der Waals surface area contributed by atoms with Crippen molar-refractivity contribution in [2.24, 2.45) is 0 Å². The molecule has 14 heavy (non-hydrogen) atoms. The van der Waals surface area contributed by atoms with Crippen molar-refractivity contribution < 1.29 is 0 Å². The number of aromatic nitrogens is 2. The summed E-state index contributed by atoms with van der Waals surface area (Å²) in [4.78, 5) is 10.9. The van der Waals surface area contributed by atoms with Gasteiger partial charge in [0.1, 0.15) is 5.82 Å². The topological polar surface area (TPSA) is 29.0 Å². The molecule has 0 N–H and O–H groups in total. The van der Waals surface area contributed by atoms with Crippen molar-refractivity contribution in [3.8, 4) is 0 Å². The van der Waals surface area contributed by atoms with Crippen molar-refractivity contribution in [2.75, 3.05) is 4.90 Å². The number of hydrogen-bond donors (Lipinski definition) is 0. The Kier molecular flexibility index (Phi) is 1.76. The zero-order chi connectivity index (χ0) is 9.38. The molecule has 1 saturated heterocycles. The molecule has 0 saturated carbocycles. The maximum atomic E-state index is 4.37. The quantitative estimate of drug-likeness (QED) is 0.627.